The van der Waals surface area contributed by atoms with Crippen LogP contribution in [0.4, 0.5) is 17.6 Å². The second kappa shape index (κ2) is 4.83. The van der Waals surface area contributed by atoms with Crippen molar-refractivity contribution < 1.29 is 17.6 Å². The Kier molecular flexibility index (Phi) is 4.05. The van der Waals surface area contributed by atoms with Crippen LogP contribution < -0.4 is 0 Å². The normalized spacial score (nSPS) is 33.1. The average molecular weight is 250 g/mol. The highest BCUT2D eigenvalue weighted by atomic mass is 19.3. The van der Waals surface area contributed by atoms with Gasteiger partial charge in [0.1, 0.15) is 0 Å². The fourth-order valence-electron chi connectivity index (χ4n) is 2.59. The zero-order valence-electron chi connectivity index (χ0n) is 9.93. The van der Waals surface area contributed by atoms with Crippen molar-refractivity contribution in [1.29, 1.82) is 0 Å². The van der Waals surface area contributed by atoms with Gasteiger partial charge in [0.2, 0.25) is 0 Å². The largest absolute Gasteiger partial charge is 0.309 e. The first kappa shape index (κ1) is 14.3. The maximum absolute atomic E-state index is 14.2. The Labute approximate surface area is 99.4 Å². The molecule has 4 atom stereocenters. The number of alkyl halides is 4. The van der Waals surface area contributed by atoms with Crippen molar-refractivity contribution in [1.82, 2.24) is 0 Å². The van der Waals surface area contributed by atoms with Crippen molar-refractivity contribution in [2.45, 2.75) is 31.4 Å². The van der Waals surface area contributed by atoms with Crippen molar-refractivity contribution >= 4 is 0 Å². The Morgan fingerprint density at radius 3 is 2.18 bits per heavy atom. The first-order valence-electron chi connectivity index (χ1n) is 5.68. The van der Waals surface area contributed by atoms with E-state index in [0.29, 0.717) is 6.42 Å². The van der Waals surface area contributed by atoms with E-state index >= 15 is 0 Å². The van der Waals surface area contributed by atoms with Gasteiger partial charge >= 0.3 is 5.92 Å². The second-order valence-electron chi connectivity index (χ2n) is 4.89. The molecule has 0 nitrogen and oxygen atoms in total. The van der Waals surface area contributed by atoms with Gasteiger partial charge in [0, 0.05) is 5.92 Å². The Morgan fingerprint density at radius 2 is 1.76 bits per heavy atom. The lowest BCUT2D eigenvalue weighted by molar-refractivity contribution is -0.168. The molecule has 0 saturated heterocycles. The third kappa shape index (κ3) is 2.40. The van der Waals surface area contributed by atoms with E-state index in [1.165, 1.54) is 6.08 Å². The summed E-state index contributed by atoms with van der Waals surface area (Å²) in [5.41, 5.74) is -2.85. The Hall–Kier alpha value is -0.800. The van der Waals surface area contributed by atoms with Gasteiger partial charge in [-0.15, -0.1) is 13.2 Å². The molecule has 0 aromatic rings. The number of allylic oxidation sites excluding steroid dienone is 2. The lowest BCUT2D eigenvalue weighted by atomic mass is 9.79. The van der Waals surface area contributed by atoms with Gasteiger partial charge in [0.15, 0.2) is 12.3 Å². The molecule has 0 aromatic carbocycles. The minimum absolute atomic E-state index is 0.00603. The summed E-state index contributed by atoms with van der Waals surface area (Å²) in [4.78, 5) is 0. The SMILES string of the molecule is C=CC1CC(C=C)C(C(C)(F)C(F)(F)CF)C1. The molecule has 1 aliphatic rings. The highest BCUT2D eigenvalue weighted by molar-refractivity contribution is 5.07. The predicted molar refractivity (Wildman–Crippen MR) is 60.5 cm³/mol. The molecule has 0 aromatic heterocycles. The molecule has 1 fully saturated rings. The van der Waals surface area contributed by atoms with Crippen molar-refractivity contribution in [2.24, 2.45) is 17.8 Å². The highest BCUT2D eigenvalue weighted by Gasteiger charge is 2.59. The Balaban J connectivity index is 2.97. The van der Waals surface area contributed by atoms with Crippen molar-refractivity contribution in [2.75, 3.05) is 6.67 Å². The lowest BCUT2D eigenvalue weighted by Crippen LogP contribution is -2.50. The van der Waals surface area contributed by atoms with E-state index < -0.39 is 24.2 Å². The molecule has 0 amide bonds. The molecule has 0 bridgehead atoms. The third-order valence-electron chi connectivity index (χ3n) is 3.86. The molecule has 0 N–H and O–H groups in total. The van der Waals surface area contributed by atoms with E-state index in [1.807, 2.05) is 0 Å². The lowest BCUT2D eigenvalue weighted by Gasteiger charge is -2.35. The highest BCUT2D eigenvalue weighted by Crippen LogP contribution is 2.50. The molecule has 4 unspecified atom stereocenters. The van der Waals surface area contributed by atoms with Crippen LogP contribution in [0.15, 0.2) is 25.3 Å². The van der Waals surface area contributed by atoms with Gasteiger partial charge in [-0.3, -0.25) is 0 Å². The van der Waals surface area contributed by atoms with Gasteiger partial charge in [-0.2, -0.15) is 0 Å². The zero-order valence-corrected chi connectivity index (χ0v) is 9.93. The molecule has 1 rings (SSSR count). The summed E-state index contributed by atoms with van der Waals surface area (Å²) in [5.74, 6) is -5.22. The molecule has 1 saturated carbocycles. The zero-order chi connectivity index (χ0) is 13.3. The third-order valence-corrected chi connectivity index (χ3v) is 3.86. The summed E-state index contributed by atoms with van der Waals surface area (Å²) < 4.78 is 53.2. The van der Waals surface area contributed by atoms with Crippen LogP contribution >= 0.6 is 0 Å². The summed E-state index contributed by atoms with van der Waals surface area (Å²) in [5, 5.41) is 0. The van der Waals surface area contributed by atoms with E-state index in [1.54, 1.807) is 6.08 Å². The van der Waals surface area contributed by atoms with Gasteiger partial charge in [-0.05, 0) is 31.6 Å². The standard InChI is InChI=1S/C13H18F4/c1-4-9-6-10(5-2)11(7-9)12(3,15)13(16,17)8-14/h4-5,9-11H,1-2,6-8H2,3H3. The van der Waals surface area contributed by atoms with Gasteiger partial charge in [0.05, 0.1) is 0 Å². The molecule has 0 heterocycles. The summed E-state index contributed by atoms with van der Waals surface area (Å²) >= 11 is 0. The van der Waals surface area contributed by atoms with E-state index in [9.17, 15) is 17.6 Å². The van der Waals surface area contributed by atoms with Gasteiger partial charge in [-0.1, -0.05) is 12.2 Å². The maximum Gasteiger partial charge on any atom is 0.309 e. The molecule has 0 radical (unpaired) electrons. The number of hydrogen-bond acceptors (Lipinski definition) is 0. The fraction of sp³-hybridized carbons (Fsp3) is 0.692. The van der Waals surface area contributed by atoms with Crippen LogP contribution in [0.3, 0.4) is 0 Å². The molecule has 4 heteroatoms. The van der Waals surface area contributed by atoms with Crippen molar-refractivity contribution in [3.05, 3.63) is 25.3 Å². The minimum Gasteiger partial charge on any atom is -0.244 e. The van der Waals surface area contributed by atoms with Crippen LogP contribution in [-0.4, -0.2) is 18.3 Å². The molecular formula is C13H18F4. The maximum atomic E-state index is 14.2. The molecule has 98 valence electrons. The van der Waals surface area contributed by atoms with Gasteiger partial charge < -0.3 is 0 Å². The summed E-state index contributed by atoms with van der Waals surface area (Å²) in [6.45, 7) is 5.95. The van der Waals surface area contributed by atoms with E-state index in [2.05, 4.69) is 13.2 Å². The van der Waals surface area contributed by atoms with Crippen LogP contribution in [0, 0.1) is 17.8 Å². The summed E-state index contributed by atoms with van der Waals surface area (Å²) in [6.07, 6.45) is 3.95. The van der Waals surface area contributed by atoms with Gasteiger partial charge in [0.25, 0.3) is 0 Å². The predicted octanol–water partition coefficient (Wildman–Crippen LogP) is 4.33. The average Bonchev–Trinajstić information content (AvgIpc) is 2.72. The first-order chi connectivity index (χ1) is 7.80. The quantitative estimate of drug-likeness (QED) is 0.503. The van der Waals surface area contributed by atoms with Crippen LogP contribution in [0.2, 0.25) is 0 Å². The molecule has 0 aliphatic heterocycles. The number of halogens is 4. The summed E-state index contributed by atoms with van der Waals surface area (Å²) in [7, 11) is 0. The minimum atomic E-state index is -3.95. The van der Waals surface area contributed by atoms with Crippen molar-refractivity contribution in [3.8, 4) is 0 Å². The van der Waals surface area contributed by atoms with E-state index in [-0.39, 0.29) is 18.3 Å². The fourth-order valence-corrected chi connectivity index (χ4v) is 2.59. The van der Waals surface area contributed by atoms with E-state index in [0.717, 1.165) is 6.92 Å². The van der Waals surface area contributed by atoms with Crippen LogP contribution in [0.5, 0.6) is 0 Å². The van der Waals surface area contributed by atoms with Gasteiger partial charge in [-0.25, -0.2) is 17.6 Å². The summed E-state index contributed by atoms with van der Waals surface area (Å²) in [6, 6.07) is 0. The second-order valence-corrected chi connectivity index (χ2v) is 4.89. The Morgan fingerprint density at radius 1 is 1.18 bits per heavy atom. The van der Waals surface area contributed by atoms with E-state index in [4.69, 9.17) is 0 Å². The molecule has 17 heavy (non-hydrogen) atoms. The monoisotopic (exact) mass is 250 g/mol. The van der Waals surface area contributed by atoms with Crippen LogP contribution in [-0.2, 0) is 0 Å². The van der Waals surface area contributed by atoms with Crippen molar-refractivity contribution in [3.63, 3.8) is 0 Å². The number of hydrogen-bond donors (Lipinski definition) is 0. The topological polar surface area (TPSA) is 0 Å². The van der Waals surface area contributed by atoms with Crippen LogP contribution in [0.25, 0.3) is 0 Å². The number of rotatable bonds is 5. The first-order valence-corrected chi connectivity index (χ1v) is 5.68. The van der Waals surface area contributed by atoms with Crippen LogP contribution in [0.1, 0.15) is 19.8 Å². The molecular weight excluding hydrogens is 232 g/mol. The Bertz CT molecular complexity index is 296. The smallest absolute Gasteiger partial charge is 0.244 e. The molecule has 0 spiro atoms. The molecule has 1 aliphatic carbocycles.